The average molecular weight is 347 g/mol. The minimum Gasteiger partial charge on any atom is -0.484 e. The number of aryl methyl sites for hydroxylation is 2. The molecule has 0 radical (unpaired) electrons. The van der Waals surface area contributed by atoms with Crippen molar-refractivity contribution in [2.24, 2.45) is 0 Å². The number of halogens is 1. The van der Waals surface area contributed by atoms with Crippen molar-refractivity contribution in [1.29, 1.82) is 0 Å². The van der Waals surface area contributed by atoms with E-state index < -0.39 is 5.91 Å². The summed E-state index contributed by atoms with van der Waals surface area (Å²) in [5.74, 6) is -0.116. The molecule has 2 aromatic carbocycles. The van der Waals surface area contributed by atoms with Crippen LogP contribution in [0.25, 0.3) is 0 Å². The zero-order valence-corrected chi connectivity index (χ0v) is 14.2. The van der Waals surface area contributed by atoms with Crippen molar-refractivity contribution in [3.8, 4) is 5.75 Å². The summed E-state index contributed by atoms with van der Waals surface area (Å²) >= 11 is 5.03. The topological polar surface area (TPSA) is 62.4 Å². The molecule has 1 amide bonds. The Kier molecular flexibility index (Phi) is 6.08. The molecule has 0 aromatic heterocycles. The van der Waals surface area contributed by atoms with Crippen LogP contribution in [0.4, 0.5) is 10.1 Å². The van der Waals surface area contributed by atoms with Gasteiger partial charge in [-0.2, -0.15) is 0 Å². The highest BCUT2D eigenvalue weighted by Gasteiger charge is 2.05. The van der Waals surface area contributed by atoms with Crippen LogP contribution in [-0.2, 0) is 4.79 Å². The van der Waals surface area contributed by atoms with Gasteiger partial charge in [0.2, 0.25) is 0 Å². The number of amides is 1. The molecule has 0 aliphatic rings. The summed E-state index contributed by atoms with van der Waals surface area (Å²) in [5, 5.41) is 2.91. The van der Waals surface area contributed by atoms with E-state index in [9.17, 15) is 9.18 Å². The van der Waals surface area contributed by atoms with E-state index in [2.05, 4.69) is 16.2 Å². The van der Waals surface area contributed by atoms with Gasteiger partial charge in [-0.05, 0) is 61.5 Å². The van der Waals surface area contributed by atoms with Crippen LogP contribution < -0.4 is 20.9 Å². The van der Waals surface area contributed by atoms with Gasteiger partial charge in [-0.3, -0.25) is 15.6 Å². The molecule has 0 aliphatic carbocycles. The van der Waals surface area contributed by atoms with E-state index in [-0.39, 0.29) is 17.5 Å². The van der Waals surface area contributed by atoms with Crippen LogP contribution in [-0.4, -0.2) is 17.6 Å². The SMILES string of the molecule is Cc1cccc(OCC(=O)NNC(=S)Nc2ccc(C)c(F)c2)c1. The number of rotatable bonds is 4. The van der Waals surface area contributed by atoms with Crippen LogP contribution in [0.5, 0.6) is 5.75 Å². The van der Waals surface area contributed by atoms with Gasteiger partial charge in [0.15, 0.2) is 11.7 Å². The van der Waals surface area contributed by atoms with Gasteiger partial charge >= 0.3 is 0 Å². The van der Waals surface area contributed by atoms with Gasteiger partial charge in [0.1, 0.15) is 11.6 Å². The van der Waals surface area contributed by atoms with Gasteiger partial charge in [-0.25, -0.2) is 4.39 Å². The van der Waals surface area contributed by atoms with Crippen molar-refractivity contribution >= 4 is 28.9 Å². The zero-order valence-electron chi connectivity index (χ0n) is 13.4. The fraction of sp³-hybridized carbons (Fsp3) is 0.176. The van der Waals surface area contributed by atoms with Crippen LogP contribution in [0.3, 0.4) is 0 Å². The van der Waals surface area contributed by atoms with E-state index in [1.807, 2.05) is 25.1 Å². The van der Waals surface area contributed by atoms with E-state index in [1.54, 1.807) is 25.1 Å². The maximum atomic E-state index is 13.4. The Hall–Kier alpha value is -2.67. The molecule has 7 heteroatoms. The molecule has 0 saturated carbocycles. The number of benzene rings is 2. The van der Waals surface area contributed by atoms with Crippen molar-refractivity contribution in [1.82, 2.24) is 10.9 Å². The number of ether oxygens (including phenoxy) is 1. The first-order valence-electron chi connectivity index (χ1n) is 7.25. The molecule has 0 aliphatic heterocycles. The molecule has 0 unspecified atom stereocenters. The third-order valence-corrected chi connectivity index (χ3v) is 3.31. The van der Waals surface area contributed by atoms with E-state index >= 15 is 0 Å². The average Bonchev–Trinajstić information content (AvgIpc) is 2.54. The van der Waals surface area contributed by atoms with Gasteiger partial charge in [0.05, 0.1) is 0 Å². The first-order chi connectivity index (χ1) is 11.4. The second-order valence-electron chi connectivity index (χ2n) is 5.20. The number of hydrogen-bond donors (Lipinski definition) is 3. The highest BCUT2D eigenvalue weighted by Crippen LogP contribution is 2.13. The molecule has 5 nitrogen and oxygen atoms in total. The van der Waals surface area contributed by atoms with Gasteiger partial charge in [-0.15, -0.1) is 0 Å². The number of hydrogen-bond acceptors (Lipinski definition) is 3. The monoisotopic (exact) mass is 347 g/mol. The first-order valence-corrected chi connectivity index (χ1v) is 7.66. The molecule has 126 valence electrons. The van der Waals surface area contributed by atoms with Crippen molar-refractivity contribution in [2.45, 2.75) is 13.8 Å². The fourth-order valence-corrected chi connectivity index (χ4v) is 2.02. The summed E-state index contributed by atoms with van der Waals surface area (Å²) in [5.41, 5.74) is 7.01. The van der Waals surface area contributed by atoms with Crippen LogP contribution in [0.1, 0.15) is 11.1 Å². The van der Waals surface area contributed by atoms with E-state index in [1.165, 1.54) is 6.07 Å². The fourth-order valence-electron chi connectivity index (χ4n) is 1.85. The summed E-state index contributed by atoms with van der Waals surface area (Å²) < 4.78 is 18.8. The number of anilines is 1. The second-order valence-corrected chi connectivity index (χ2v) is 5.60. The first kappa shape index (κ1) is 17.7. The largest absolute Gasteiger partial charge is 0.484 e. The van der Waals surface area contributed by atoms with Crippen molar-refractivity contribution in [3.05, 3.63) is 59.4 Å². The quantitative estimate of drug-likeness (QED) is 0.586. The van der Waals surface area contributed by atoms with Crippen molar-refractivity contribution in [2.75, 3.05) is 11.9 Å². The van der Waals surface area contributed by atoms with Gasteiger partial charge < -0.3 is 10.1 Å². The molecule has 2 aromatic rings. The van der Waals surface area contributed by atoms with E-state index in [0.717, 1.165) is 5.56 Å². The molecule has 24 heavy (non-hydrogen) atoms. The van der Waals surface area contributed by atoms with E-state index in [4.69, 9.17) is 17.0 Å². The Bertz CT molecular complexity index is 752. The lowest BCUT2D eigenvalue weighted by Crippen LogP contribution is -2.45. The van der Waals surface area contributed by atoms with Crippen LogP contribution in [0, 0.1) is 19.7 Å². The molecule has 0 atom stereocenters. The predicted molar refractivity (Wildman–Crippen MR) is 95.3 cm³/mol. The van der Waals surface area contributed by atoms with Crippen LogP contribution in [0.15, 0.2) is 42.5 Å². The Morgan fingerprint density at radius 1 is 1.17 bits per heavy atom. The summed E-state index contributed by atoms with van der Waals surface area (Å²) in [4.78, 5) is 11.7. The summed E-state index contributed by atoms with van der Waals surface area (Å²) in [6.07, 6.45) is 0. The van der Waals surface area contributed by atoms with Crippen LogP contribution >= 0.6 is 12.2 Å². The summed E-state index contributed by atoms with van der Waals surface area (Å²) in [6, 6.07) is 12.0. The van der Waals surface area contributed by atoms with E-state index in [0.29, 0.717) is 17.0 Å². The number of hydrazine groups is 1. The third-order valence-electron chi connectivity index (χ3n) is 3.10. The van der Waals surface area contributed by atoms with Gasteiger partial charge in [0, 0.05) is 5.69 Å². The van der Waals surface area contributed by atoms with Crippen molar-refractivity contribution in [3.63, 3.8) is 0 Å². The molecule has 0 saturated heterocycles. The Morgan fingerprint density at radius 3 is 2.67 bits per heavy atom. The lowest BCUT2D eigenvalue weighted by Gasteiger charge is -2.12. The number of carbonyl (C=O) groups is 1. The maximum Gasteiger partial charge on any atom is 0.276 e. The molecule has 0 heterocycles. The second kappa shape index (κ2) is 8.26. The van der Waals surface area contributed by atoms with Crippen LogP contribution in [0.2, 0.25) is 0 Å². The smallest absolute Gasteiger partial charge is 0.276 e. The molecular weight excluding hydrogens is 329 g/mol. The number of carbonyl (C=O) groups excluding carboxylic acids is 1. The van der Waals surface area contributed by atoms with Gasteiger partial charge in [-0.1, -0.05) is 18.2 Å². The maximum absolute atomic E-state index is 13.4. The lowest BCUT2D eigenvalue weighted by molar-refractivity contribution is -0.123. The summed E-state index contributed by atoms with van der Waals surface area (Å²) in [7, 11) is 0. The molecule has 2 rings (SSSR count). The Morgan fingerprint density at radius 2 is 1.96 bits per heavy atom. The minimum atomic E-state index is -0.393. The molecule has 0 fully saturated rings. The Labute approximate surface area is 145 Å². The zero-order chi connectivity index (χ0) is 17.5. The summed E-state index contributed by atoms with van der Waals surface area (Å²) in [6.45, 7) is 3.45. The molecule has 0 spiro atoms. The third kappa shape index (κ3) is 5.51. The Balaban J connectivity index is 1.74. The standard InChI is InChI=1S/C17H18FN3O2S/c1-11-4-3-5-14(8-11)23-10-16(22)20-21-17(24)19-13-7-6-12(2)15(18)9-13/h3-9H,10H2,1-2H3,(H,20,22)(H2,19,21,24). The normalized spacial score (nSPS) is 9.96. The predicted octanol–water partition coefficient (Wildman–Crippen LogP) is 2.84. The molecular formula is C17H18FN3O2S. The lowest BCUT2D eigenvalue weighted by atomic mass is 10.2. The number of nitrogens with one attached hydrogen (secondary N) is 3. The number of thiocarbonyl (C=S) groups is 1. The highest BCUT2D eigenvalue weighted by atomic mass is 32.1. The molecule has 0 bridgehead atoms. The van der Waals surface area contributed by atoms with Gasteiger partial charge in [0.25, 0.3) is 5.91 Å². The molecule has 3 N–H and O–H groups in total. The highest BCUT2D eigenvalue weighted by molar-refractivity contribution is 7.80. The minimum absolute atomic E-state index is 0.141. The van der Waals surface area contributed by atoms with Crippen molar-refractivity contribution < 1.29 is 13.9 Å².